The lowest BCUT2D eigenvalue weighted by molar-refractivity contribution is 0.614. The van der Waals surface area contributed by atoms with Crippen LogP contribution in [0.3, 0.4) is 0 Å². The van der Waals surface area contributed by atoms with Crippen molar-refractivity contribution < 1.29 is 4.39 Å². The van der Waals surface area contributed by atoms with E-state index in [2.05, 4.69) is 23.5 Å². The van der Waals surface area contributed by atoms with E-state index in [9.17, 15) is 4.39 Å². The molecular formula is C15H13ClFN. The number of hydrogen-bond donors (Lipinski definition) is 1. The van der Waals surface area contributed by atoms with Gasteiger partial charge in [0.25, 0.3) is 0 Å². The molecule has 1 unspecified atom stereocenters. The highest BCUT2D eigenvalue weighted by Crippen LogP contribution is 2.35. The number of benzene rings is 2. The zero-order valence-corrected chi connectivity index (χ0v) is 10.5. The molecule has 0 bridgehead atoms. The Morgan fingerprint density at radius 1 is 1.17 bits per heavy atom. The predicted octanol–water partition coefficient (Wildman–Crippen LogP) is 4.23. The van der Waals surface area contributed by atoms with Crippen LogP contribution >= 0.6 is 11.6 Å². The quantitative estimate of drug-likeness (QED) is 0.872. The van der Waals surface area contributed by atoms with Crippen LogP contribution in [-0.2, 0) is 6.42 Å². The van der Waals surface area contributed by atoms with Crippen molar-refractivity contribution >= 4 is 17.3 Å². The van der Waals surface area contributed by atoms with Gasteiger partial charge < -0.3 is 5.32 Å². The van der Waals surface area contributed by atoms with Crippen molar-refractivity contribution in [2.45, 2.75) is 12.3 Å². The van der Waals surface area contributed by atoms with Crippen molar-refractivity contribution in [1.29, 1.82) is 0 Å². The minimum absolute atomic E-state index is 0.161. The number of hydrogen-bond acceptors (Lipinski definition) is 1. The predicted molar refractivity (Wildman–Crippen MR) is 72.8 cm³/mol. The minimum atomic E-state index is -0.369. The van der Waals surface area contributed by atoms with Gasteiger partial charge in [-0.15, -0.1) is 0 Å². The standard InChI is InChI=1S/C15H13ClFN/c16-13-6-3-7-14(15(13)17)18-9-11-8-10-4-1-2-5-12(10)11/h1-7,11,18H,8-9H2. The maximum absolute atomic E-state index is 13.7. The topological polar surface area (TPSA) is 12.0 Å². The second kappa shape index (κ2) is 4.62. The third kappa shape index (κ3) is 1.97. The number of anilines is 1. The first-order valence-corrected chi connectivity index (χ1v) is 6.39. The van der Waals surface area contributed by atoms with Crippen LogP contribution in [0, 0.1) is 5.82 Å². The van der Waals surface area contributed by atoms with Gasteiger partial charge in [0, 0.05) is 12.5 Å². The highest BCUT2D eigenvalue weighted by atomic mass is 35.5. The van der Waals surface area contributed by atoms with E-state index in [1.807, 2.05) is 6.07 Å². The molecule has 0 fully saturated rings. The van der Waals surface area contributed by atoms with Crippen molar-refractivity contribution in [3.05, 3.63) is 64.4 Å². The van der Waals surface area contributed by atoms with Crippen LogP contribution in [0.5, 0.6) is 0 Å². The summed E-state index contributed by atoms with van der Waals surface area (Å²) in [7, 11) is 0. The molecule has 0 saturated carbocycles. The Kier molecular flexibility index (Phi) is 2.96. The maximum atomic E-state index is 13.7. The molecule has 0 amide bonds. The molecule has 0 aliphatic heterocycles. The van der Waals surface area contributed by atoms with Crippen LogP contribution in [-0.4, -0.2) is 6.54 Å². The lowest BCUT2D eigenvalue weighted by Gasteiger charge is -2.30. The van der Waals surface area contributed by atoms with Crippen molar-refractivity contribution in [3.8, 4) is 0 Å². The molecule has 0 radical (unpaired) electrons. The van der Waals surface area contributed by atoms with Crippen molar-refractivity contribution in [1.82, 2.24) is 0 Å². The lowest BCUT2D eigenvalue weighted by atomic mass is 9.77. The van der Waals surface area contributed by atoms with Gasteiger partial charge in [-0.3, -0.25) is 0 Å². The summed E-state index contributed by atoms with van der Waals surface area (Å²) in [5.74, 6) is 0.103. The van der Waals surface area contributed by atoms with Gasteiger partial charge in [-0.05, 0) is 29.7 Å². The molecular weight excluding hydrogens is 249 g/mol. The summed E-state index contributed by atoms with van der Waals surface area (Å²) in [6, 6.07) is 13.4. The Morgan fingerprint density at radius 3 is 2.83 bits per heavy atom. The van der Waals surface area contributed by atoms with Crippen LogP contribution < -0.4 is 5.32 Å². The monoisotopic (exact) mass is 261 g/mol. The maximum Gasteiger partial charge on any atom is 0.164 e. The largest absolute Gasteiger partial charge is 0.382 e. The fraction of sp³-hybridized carbons (Fsp3) is 0.200. The molecule has 0 saturated heterocycles. The minimum Gasteiger partial charge on any atom is -0.382 e. The molecule has 18 heavy (non-hydrogen) atoms. The first kappa shape index (κ1) is 11.5. The van der Waals surface area contributed by atoms with Gasteiger partial charge in [0.1, 0.15) is 0 Å². The van der Waals surface area contributed by atoms with E-state index >= 15 is 0 Å². The Balaban J connectivity index is 1.69. The fourth-order valence-electron chi connectivity index (χ4n) is 2.42. The first-order chi connectivity index (χ1) is 8.75. The molecule has 2 aromatic carbocycles. The molecule has 1 nitrogen and oxygen atoms in total. The molecule has 3 heteroatoms. The SMILES string of the molecule is Fc1c(Cl)cccc1NCC1Cc2ccccc21. The Labute approximate surface area is 111 Å². The van der Waals surface area contributed by atoms with Crippen LogP contribution in [0.4, 0.5) is 10.1 Å². The summed E-state index contributed by atoms with van der Waals surface area (Å²) in [4.78, 5) is 0. The van der Waals surface area contributed by atoms with E-state index in [4.69, 9.17) is 11.6 Å². The fourth-order valence-corrected chi connectivity index (χ4v) is 2.59. The van der Waals surface area contributed by atoms with Gasteiger partial charge >= 0.3 is 0 Å². The molecule has 0 heterocycles. The van der Waals surface area contributed by atoms with Gasteiger partial charge in [-0.25, -0.2) is 4.39 Å². The normalized spacial score (nSPS) is 16.9. The number of rotatable bonds is 3. The Hall–Kier alpha value is -1.54. The van der Waals surface area contributed by atoms with E-state index in [0.717, 1.165) is 13.0 Å². The summed E-state index contributed by atoms with van der Waals surface area (Å²) in [6.07, 6.45) is 1.06. The van der Waals surface area contributed by atoms with Gasteiger partial charge in [-0.2, -0.15) is 0 Å². The molecule has 1 aliphatic rings. The van der Waals surface area contributed by atoms with Crippen molar-refractivity contribution in [3.63, 3.8) is 0 Å². The van der Waals surface area contributed by atoms with E-state index in [-0.39, 0.29) is 10.8 Å². The molecule has 2 aromatic rings. The Morgan fingerprint density at radius 2 is 2.00 bits per heavy atom. The molecule has 3 rings (SSSR count). The van der Waals surface area contributed by atoms with Crippen LogP contribution in [0.15, 0.2) is 42.5 Å². The van der Waals surface area contributed by atoms with Crippen molar-refractivity contribution in [2.24, 2.45) is 0 Å². The molecule has 1 aliphatic carbocycles. The number of halogens is 2. The van der Waals surface area contributed by atoms with E-state index in [1.165, 1.54) is 11.1 Å². The summed E-state index contributed by atoms with van der Waals surface area (Å²) < 4.78 is 13.7. The summed E-state index contributed by atoms with van der Waals surface area (Å²) in [5, 5.41) is 3.30. The first-order valence-electron chi connectivity index (χ1n) is 6.01. The zero-order chi connectivity index (χ0) is 12.5. The van der Waals surface area contributed by atoms with E-state index in [0.29, 0.717) is 11.6 Å². The summed E-state index contributed by atoms with van der Waals surface area (Å²) >= 11 is 5.74. The van der Waals surface area contributed by atoms with Gasteiger partial charge in [-0.1, -0.05) is 41.9 Å². The van der Waals surface area contributed by atoms with Crippen LogP contribution in [0.1, 0.15) is 17.0 Å². The number of fused-ring (bicyclic) bond motifs is 1. The molecule has 0 spiro atoms. The van der Waals surface area contributed by atoms with Gasteiger partial charge in [0.2, 0.25) is 0 Å². The molecule has 0 aromatic heterocycles. The highest BCUT2D eigenvalue weighted by molar-refractivity contribution is 6.31. The second-order valence-electron chi connectivity index (χ2n) is 4.58. The third-order valence-electron chi connectivity index (χ3n) is 3.45. The Bertz CT molecular complexity index is 582. The smallest absolute Gasteiger partial charge is 0.164 e. The van der Waals surface area contributed by atoms with Crippen molar-refractivity contribution in [2.75, 3.05) is 11.9 Å². The van der Waals surface area contributed by atoms with E-state index < -0.39 is 0 Å². The van der Waals surface area contributed by atoms with E-state index in [1.54, 1.807) is 18.2 Å². The molecule has 1 atom stereocenters. The lowest BCUT2D eigenvalue weighted by Crippen LogP contribution is -2.24. The number of nitrogens with one attached hydrogen (secondary N) is 1. The van der Waals surface area contributed by atoms with Gasteiger partial charge in [0.05, 0.1) is 10.7 Å². The van der Waals surface area contributed by atoms with Crippen LogP contribution in [0.25, 0.3) is 0 Å². The highest BCUT2D eigenvalue weighted by Gasteiger charge is 2.25. The average Bonchev–Trinajstić information content (AvgIpc) is 2.35. The molecule has 1 N–H and O–H groups in total. The zero-order valence-electron chi connectivity index (χ0n) is 9.79. The van der Waals surface area contributed by atoms with Gasteiger partial charge in [0.15, 0.2) is 5.82 Å². The summed E-state index contributed by atoms with van der Waals surface area (Å²) in [6.45, 7) is 0.744. The third-order valence-corrected chi connectivity index (χ3v) is 3.74. The van der Waals surface area contributed by atoms with Crippen LogP contribution in [0.2, 0.25) is 5.02 Å². The second-order valence-corrected chi connectivity index (χ2v) is 4.99. The summed E-state index contributed by atoms with van der Waals surface area (Å²) in [5.41, 5.74) is 3.25. The molecule has 92 valence electrons. The average molecular weight is 262 g/mol.